The molecule has 0 fully saturated rings. The number of amides is 1. The largest absolute Gasteiger partial charge is 0.464 e. The lowest BCUT2D eigenvalue weighted by atomic mass is 10.1. The summed E-state index contributed by atoms with van der Waals surface area (Å²) in [5.74, 6) is -0.385. The molecule has 0 spiro atoms. The summed E-state index contributed by atoms with van der Waals surface area (Å²) in [5, 5.41) is 0. The number of hydrogen-bond donors (Lipinski definition) is 0. The maximum absolute atomic E-state index is 12.0. The smallest absolute Gasteiger partial charge is 0.410 e. The van der Waals surface area contributed by atoms with E-state index < -0.39 is 12.1 Å². The van der Waals surface area contributed by atoms with Crippen molar-refractivity contribution >= 4 is 12.1 Å². The molecule has 0 rings (SSSR count). The van der Waals surface area contributed by atoms with Gasteiger partial charge < -0.3 is 9.47 Å². The van der Waals surface area contributed by atoms with E-state index >= 15 is 0 Å². The van der Waals surface area contributed by atoms with Crippen molar-refractivity contribution in [2.45, 2.75) is 90.5 Å². The third-order valence-electron chi connectivity index (χ3n) is 4.50. The standard InChI is InChI=1S/C21H39NO4/c1-5-7-9-10-11-12-13-14-15-16-18-25-20(23)19(3)22(4)21(24)26-17-8-6-2/h6,19H,2,5,7-18H2,1,3-4H3. The van der Waals surface area contributed by atoms with Crippen LogP contribution in [0.15, 0.2) is 12.7 Å². The molecule has 26 heavy (non-hydrogen) atoms. The number of hydrogen-bond acceptors (Lipinski definition) is 4. The first-order chi connectivity index (χ1) is 12.5. The summed E-state index contributed by atoms with van der Waals surface area (Å²) in [6.45, 7) is 8.14. The van der Waals surface area contributed by atoms with Gasteiger partial charge in [0.25, 0.3) is 0 Å². The summed E-state index contributed by atoms with van der Waals surface area (Å²) in [5.41, 5.74) is 0. The fourth-order valence-electron chi connectivity index (χ4n) is 2.53. The molecule has 1 unspecified atom stereocenters. The van der Waals surface area contributed by atoms with Crippen molar-refractivity contribution in [1.82, 2.24) is 4.90 Å². The van der Waals surface area contributed by atoms with Crippen LogP contribution in [-0.2, 0) is 14.3 Å². The number of unbranched alkanes of at least 4 members (excludes halogenated alkanes) is 9. The van der Waals surface area contributed by atoms with Crippen LogP contribution in [0.1, 0.15) is 84.5 Å². The van der Waals surface area contributed by atoms with Crippen molar-refractivity contribution in [1.29, 1.82) is 0 Å². The Morgan fingerprint density at radius 1 is 0.923 bits per heavy atom. The van der Waals surface area contributed by atoms with Crippen molar-refractivity contribution in [2.75, 3.05) is 20.3 Å². The number of carbonyl (C=O) groups excluding carboxylic acids is 2. The molecule has 0 radical (unpaired) electrons. The van der Waals surface area contributed by atoms with Crippen LogP contribution in [-0.4, -0.2) is 43.3 Å². The van der Waals surface area contributed by atoms with Crippen LogP contribution in [0.5, 0.6) is 0 Å². The van der Waals surface area contributed by atoms with E-state index in [0.29, 0.717) is 13.0 Å². The van der Waals surface area contributed by atoms with Crippen molar-refractivity contribution in [3.05, 3.63) is 12.7 Å². The van der Waals surface area contributed by atoms with Crippen LogP contribution in [0.3, 0.4) is 0 Å². The molecule has 0 aliphatic heterocycles. The molecule has 1 atom stereocenters. The minimum atomic E-state index is -0.644. The van der Waals surface area contributed by atoms with E-state index in [9.17, 15) is 9.59 Å². The lowest BCUT2D eigenvalue weighted by Gasteiger charge is -2.22. The van der Waals surface area contributed by atoms with E-state index in [-0.39, 0.29) is 12.6 Å². The zero-order valence-electron chi connectivity index (χ0n) is 17.1. The van der Waals surface area contributed by atoms with Gasteiger partial charge in [-0.1, -0.05) is 70.8 Å². The van der Waals surface area contributed by atoms with Crippen molar-refractivity contribution in [3.8, 4) is 0 Å². The second-order valence-electron chi connectivity index (χ2n) is 6.83. The fourth-order valence-corrected chi connectivity index (χ4v) is 2.53. The minimum Gasteiger partial charge on any atom is -0.464 e. The number of esters is 1. The summed E-state index contributed by atoms with van der Waals surface area (Å²) >= 11 is 0. The Morgan fingerprint density at radius 3 is 2.00 bits per heavy atom. The Labute approximate surface area is 160 Å². The van der Waals surface area contributed by atoms with E-state index in [1.807, 2.05) is 0 Å². The summed E-state index contributed by atoms with van der Waals surface area (Å²) < 4.78 is 10.3. The molecule has 0 bridgehead atoms. The van der Waals surface area contributed by atoms with Crippen LogP contribution < -0.4 is 0 Å². The average molecular weight is 370 g/mol. The molecule has 0 aromatic rings. The summed E-state index contributed by atoms with van der Waals surface area (Å²) in [6, 6.07) is -0.644. The maximum atomic E-state index is 12.0. The van der Waals surface area contributed by atoms with Gasteiger partial charge in [-0.25, -0.2) is 9.59 Å². The number of ether oxygens (including phenoxy) is 2. The Hall–Kier alpha value is -1.52. The number of rotatable bonds is 16. The van der Waals surface area contributed by atoms with E-state index in [2.05, 4.69) is 13.5 Å². The molecule has 0 saturated heterocycles. The molecule has 5 nitrogen and oxygen atoms in total. The first kappa shape index (κ1) is 24.5. The van der Waals surface area contributed by atoms with Crippen molar-refractivity contribution in [2.24, 2.45) is 0 Å². The van der Waals surface area contributed by atoms with Gasteiger partial charge in [-0.3, -0.25) is 4.90 Å². The second kappa shape index (κ2) is 16.9. The van der Waals surface area contributed by atoms with Gasteiger partial charge in [-0.05, 0) is 19.8 Å². The molecular formula is C21H39NO4. The molecule has 0 aliphatic rings. The van der Waals surface area contributed by atoms with E-state index in [1.165, 1.54) is 56.3 Å². The third-order valence-corrected chi connectivity index (χ3v) is 4.50. The molecule has 5 heteroatoms. The quantitative estimate of drug-likeness (QED) is 0.205. The van der Waals surface area contributed by atoms with E-state index in [1.54, 1.807) is 20.0 Å². The second-order valence-corrected chi connectivity index (χ2v) is 6.83. The van der Waals surface area contributed by atoms with Gasteiger partial charge in [0.1, 0.15) is 6.04 Å². The molecule has 0 saturated carbocycles. The Balaban J connectivity index is 3.65. The normalized spacial score (nSPS) is 11.7. The van der Waals surface area contributed by atoms with Gasteiger partial charge in [0.2, 0.25) is 0 Å². The summed E-state index contributed by atoms with van der Waals surface area (Å²) in [4.78, 5) is 25.0. The molecule has 0 aromatic heterocycles. The van der Waals surface area contributed by atoms with Gasteiger partial charge in [-0.2, -0.15) is 0 Å². The Bertz CT molecular complexity index is 384. The lowest BCUT2D eigenvalue weighted by Crippen LogP contribution is -2.41. The topological polar surface area (TPSA) is 55.8 Å². The molecule has 152 valence electrons. The van der Waals surface area contributed by atoms with Gasteiger partial charge in [0, 0.05) is 7.05 Å². The van der Waals surface area contributed by atoms with Crippen LogP contribution in [0.2, 0.25) is 0 Å². The monoisotopic (exact) mass is 369 g/mol. The fraction of sp³-hybridized carbons (Fsp3) is 0.810. The average Bonchev–Trinajstić information content (AvgIpc) is 2.64. The first-order valence-electron chi connectivity index (χ1n) is 10.2. The summed E-state index contributed by atoms with van der Waals surface area (Å²) in [6.07, 6.45) is 14.2. The van der Waals surface area contributed by atoms with Gasteiger partial charge in [0.15, 0.2) is 0 Å². The SMILES string of the molecule is C=CCCOC(=O)N(C)C(C)C(=O)OCCCCCCCCCCCC. The number of carbonyl (C=O) groups is 2. The van der Waals surface area contributed by atoms with Gasteiger partial charge in [-0.15, -0.1) is 6.58 Å². The highest BCUT2D eigenvalue weighted by atomic mass is 16.6. The molecule has 0 N–H and O–H groups in total. The highest BCUT2D eigenvalue weighted by molar-refractivity contribution is 5.80. The summed E-state index contributed by atoms with van der Waals surface area (Å²) in [7, 11) is 1.54. The van der Waals surface area contributed by atoms with E-state index in [4.69, 9.17) is 9.47 Å². The predicted molar refractivity (Wildman–Crippen MR) is 106 cm³/mol. The molecule has 0 aliphatic carbocycles. The van der Waals surface area contributed by atoms with E-state index in [0.717, 1.165) is 12.8 Å². The highest BCUT2D eigenvalue weighted by Crippen LogP contribution is 2.11. The number of likely N-dealkylation sites (N-methyl/N-ethyl adjacent to an activating group) is 1. The van der Waals surface area contributed by atoms with Gasteiger partial charge in [0.05, 0.1) is 13.2 Å². The molecule has 1 amide bonds. The van der Waals surface area contributed by atoms with Crippen molar-refractivity contribution in [3.63, 3.8) is 0 Å². The van der Waals surface area contributed by atoms with Crippen LogP contribution >= 0.6 is 0 Å². The number of nitrogens with zero attached hydrogens (tertiary/aromatic N) is 1. The third kappa shape index (κ3) is 12.8. The van der Waals surface area contributed by atoms with Gasteiger partial charge >= 0.3 is 12.1 Å². The molecular weight excluding hydrogens is 330 g/mol. The Kier molecular flexibility index (Phi) is 15.9. The Morgan fingerprint density at radius 2 is 1.46 bits per heavy atom. The highest BCUT2D eigenvalue weighted by Gasteiger charge is 2.24. The zero-order chi connectivity index (χ0) is 19.6. The maximum Gasteiger partial charge on any atom is 0.410 e. The molecule has 0 heterocycles. The van der Waals surface area contributed by atoms with Crippen LogP contribution in [0, 0.1) is 0 Å². The van der Waals surface area contributed by atoms with Crippen molar-refractivity contribution < 1.29 is 19.1 Å². The minimum absolute atomic E-state index is 0.271. The first-order valence-corrected chi connectivity index (χ1v) is 10.2. The zero-order valence-corrected chi connectivity index (χ0v) is 17.1. The predicted octanol–water partition coefficient (Wildman–Crippen LogP) is 5.48. The van der Waals surface area contributed by atoms with Crippen LogP contribution in [0.4, 0.5) is 4.79 Å². The molecule has 0 aromatic carbocycles. The van der Waals surface area contributed by atoms with Crippen LogP contribution in [0.25, 0.3) is 0 Å². The lowest BCUT2D eigenvalue weighted by molar-refractivity contribution is -0.148.